The molecule has 1 heterocycles. The molecule has 0 radical (unpaired) electrons. The highest BCUT2D eigenvalue weighted by atomic mass is 35.5. The van der Waals surface area contributed by atoms with E-state index in [4.69, 9.17) is 21.1 Å². The van der Waals surface area contributed by atoms with Gasteiger partial charge in [0.25, 0.3) is 0 Å². The summed E-state index contributed by atoms with van der Waals surface area (Å²) in [4.78, 5) is 0. The normalized spacial score (nSPS) is 18.1. The summed E-state index contributed by atoms with van der Waals surface area (Å²) in [5.74, 6) is 0. The summed E-state index contributed by atoms with van der Waals surface area (Å²) < 4.78 is 10.8. The molecule has 112 valence electrons. The Hall–Kier alpha value is -0.650. The van der Waals surface area contributed by atoms with Crippen LogP contribution < -0.4 is 5.32 Å². The first-order chi connectivity index (χ1) is 9.75. The second-order valence-corrected chi connectivity index (χ2v) is 5.46. The highest BCUT2D eigenvalue weighted by Crippen LogP contribution is 2.15. The molecule has 0 saturated carbocycles. The summed E-state index contributed by atoms with van der Waals surface area (Å²) in [6, 6.07) is 8.02. The summed E-state index contributed by atoms with van der Waals surface area (Å²) in [5.41, 5.74) is 0.943. The topological polar surface area (TPSA) is 50.7 Å². The van der Waals surface area contributed by atoms with Gasteiger partial charge in [-0.15, -0.1) is 0 Å². The quantitative estimate of drug-likeness (QED) is 0.808. The van der Waals surface area contributed by atoms with E-state index in [9.17, 15) is 5.11 Å². The van der Waals surface area contributed by atoms with Crippen LogP contribution in [0.4, 0.5) is 0 Å². The zero-order chi connectivity index (χ0) is 14.2. The fraction of sp³-hybridized carbons (Fsp3) is 0.600. The monoisotopic (exact) mass is 299 g/mol. The SMILES string of the molecule is OC(CNC1CCOCC1)COCc1ccccc1Cl. The Labute approximate surface area is 125 Å². The lowest BCUT2D eigenvalue weighted by atomic mass is 10.1. The molecule has 5 heteroatoms. The maximum Gasteiger partial charge on any atom is 0.0897 e. The average molecular weight is 300 g/mol. The predicted molar refractivity (Wildman–Crippen MR) is 79.0 cm³/mol. The third kappa shape index (κ3) is 5.38. The number of hydrogen-bond acceptors (Lipinski definition) is 4. The number of halogens is 1. The van der Waals surface area contributed by atoms with Gasteiger partial charge in [0, 0.05) is 30.8 Å². The van der Waals surface area contributed by atoms with Gasteiger partial charge in [0.15, 0.2) is 0 Å². The summed E-state index contributed by atoms with van der Waals surface area (Å²) in [7, 11) is 0. The summed E-state index contributed by atoms with van der Waals surface area (Å²) in [6.07, 6.45) is 1.51. The minimum Gasteiger partial charge on any atom is -0.389 e. The van der Waals surface area contributed by atoms with Crippen molar-refractivity contribution in [1.82, 2.24) is 5.32 Å². The predicted octanol–water partition coefficient (Wildman–Crippen LogP) is 1.99. The molecular formula is C15H22ClNO3. The molecule has 1 aliphatic rings. The molecule has 1 aromatic rings. The number of aliphatic hydroxyl groups is 1. The Bertz CT molecular complexity index is 396. The van der Waals surface area contributed by atoms with E-state index in [0.717, 1.165) is 31.6 Å². The molecule has 4 nitrogen and oxygen atoms in total. The molecule has 0 amide bonds. The number of hydrogen-bond donors (Lipinski definition) is 2. The Kier molecular flexibility index (Phi) is 6.76. The van der Waals surface area contributed by atoms with Crippen molar-refractivity contribution >= 4 is 11.6 Å². The van der Waals surface area contributed by atoms with Crippen LogP contribution in [0.25, 0.3) is 0 Å². The van der Waals surface area contributed by atoms with Crippen molar-refractivity contribution in [3.05, 3.63) is 34.9 Å². The number of rotatable bonds is 7. The van der Waals surface area contributed by atoms with E-state index in [0.29, 0.717) is 30.8 Å². The van der Waals surface area contributed by atoms with Gasteiger partial charge in [-0.2, -0.15) is 0 Å². The largest absolute Gasteiger partial charge is 0.389 e. The highest BCUT2D eigenvalue weighted by Gasteiger charge is 2.14. The molecule has 0 aromatic heterocycles. The molecule has 1 unspecified atom stereocenters. The van der Waals surface area contributed by atoms with E-state index in [2.05, 4.69) is 5.32 Å². The molecule has 1 aromatic carbocycles. The first-order valence-corrected chi connectivity index (χ1v) is 7.44. The van der Waals surface area contributed by atoms with E-state index >= 15 is 0 Å². The molecule has 0 spiro atoms. The first-order valence-electron chi connectivity index (χ1n) is 7.06. The Balaban J connectivity index is 1.60. The van der Waals surface area contributed by atoms with Crippen LogP contribution in [0.2, 0.25) is 5.02 Å². The standard InChI is InChI=1S/C15H22ClNO3/c16-15-4-2-1-3-12(15)10-20-11-14(18)9-17-13-5-7-19-8-6-13/h1-4,13-14,17-18H,5-11H2. The lowest BCUT2D eigenvalue weighted by Crippen LogP contribution is -2.40. The Morgan fingerprint density at radius 1 is 1.35 bits per heavy atom. The molecule has 1 saturated heterocycles. The fourth-order valence-electron chi connectivity index (χ4n) is 2.18. The molecule has 0 bridgehead atoms. The van der Waals surface area contributed by atoms with Gasteiger partial charge in [-0.05, 0) is 24.5 Å². The van der Waals surface area contributed by atoms with Gasteiger partial charge < -0.3 is 19.9 Å². The maximum atomic E-state index is 9.88. The Morgan fingerprint density at radius 3 is 2.85 bits per heavy atom. The number of aliphatic hydroxyl groups excluding tert-OH is 1. The van der Waals surface area contributed by atoms with E-state index in [1.54, 1.807) is 0 Å². The van der Waals surface area contributed by atoms with Gasteiger partial charge in [-0.3, -0.25) is 0 Å². The molecule has 1 atom stereocenters. The van der Waals surface area contributed by atoms with Crippen LogP contribution in [0.1, 0.15) is 18.4 Å². The van der Waals surface area contributed by atoms with Crippen molar-refractivity contribution in [3.8, 4) is 0 Å². The summed E-state index contributed by atoms with van der Waals surface area (Å²) >= 11 is 6.04. The lowest BCUT2D eigenvalue weighted by Gasteiger charge is -2.24. The zero-order valence-electron chi connectivity index (χ0n) is 11.6. The van der Waals surface area contributed by atoms with E-state index in [-0.39, 0.29) is 0 Å². The van der Waals surface area contributed by atoms with Gasteiger partial charge in [0.2, 0.25) is 0 Å². The third-order valence-electron chi connectivity index (χ3n) is 3.39. The Morgan fingerprint density at radius 2 is 2.10 bits per heavy atom. The highest BCUT2D eigenvalue weighted by molar-refractivity contribution is 6.31. The third-order valence-corrected chi connectivity index (χ3v) is 3.76. The van der Waals surface area contributed by atoms with Crippen LogP contribution in [-0.4, -0.2) is 43.6 Å². The maximum absolute atomic E-state index is 9.88. The van der Waals surface area contributed by atoms with Crippen LogP contribution in [0.15, 0.2) is 24.3 Å². The lowest BCUT2D eigenvalue weighted by molar-refractivity contribution is 0.0229. The van der Waals surface area contributed by atoms with Gasteiger partial charge in [-0.1, -0.05) is 29.8 Å². The van der Waals surface area contributed by atoms with Gasteiger partial charge in [0.1, 0.15) is 0 Å². The van der Waals surface area contributed by atoms with E-state index in [1.165, 1.54) is 0 Å². The molecule has 0 aliphatic carbocycles. The minimum absolute atomic E-state index is 0.307. The van der Waals surface area contributed by atoms with Crippen molar-refractivity contribution in [2.75, 3.05) is 26.4 Å². The van der Waals surface area contributed by atoms with Crippen LogP contribution in [0, 0.1) is 0 Å². The van der Waals surface area contributed by atoms with Crippen LogP contribution in [-0.2, 0) is 16.1 Å². The van der Waals surface area contributed by atoms with Crippen molar-refractivity contribution in [2.24, 2.45) is 0 Å². The molecule has 1 fully saturated rings. The molecule has 2 N–H and O–H groups in total. The van der Waals surface area contributed by atoms with E-state index < -0.39 is 6.10 Å². The second kappa shape index (κ2) is 8.60. The van der Waals surface area contributed by atoms with Crippen molar-refractivity contribution in [3.63, 3.8) is 0 Å². The van der Waals surface area contributed by atoms with Crippen LogP contribution in [0.5, 0.6) is 0 Å². The molecule has 1 aliphatic heterocycles. The first kappa shape index (κ1) is 15.7. The van der Waals surface area contributed by atoms with Crippen molar-refractivity contribution in [1.29, 1.82) is 0 Å². The zero-order valence-corrected chi connectivity index (χ0v) is 12.3. The second-order valence-electron chi connectivity index (χ2n) is 5.06. The van der Waals surface area contributed by atoms with Gasteiger partial charge >= 0.3 is 0 Å². The fourth-order valence-corrected chi connectivity index (χ4v) is 2.37. The average Bonchev–Trinajstić information content (AvgIpc) is 2.48. The van der Waals surface area contributed by atoms with Crippen molar-refractivity contribution < 1.29 is 14.6 Å². The number of benzene rings is 1. The molecular weight excluding hydrogens is 278 g/mol. The van der Waals surface area contributed by atoms with Crippen LogP contribution >= 0.6 is 11.6 Å². The molecule has 20 heavy (non-hydrogen) atoms. The van der Waals surface area contributed by atoms with Gasteiger partial charge in [-0.25, -0.2) is 0 Å². The number of nitrogens with one attached hydrogen (secondary N) is 1. The molecule has 2 rings (SSSR count). The van der Waals surface area contributed by atoms with Crippen molar-refractivity contribution in [2.45, 2.75) is 31.6 Å². The minimum atomic E-state index is -0.500. The van der Waals surface area contributed by atoms with E-state index in [1.807, 2.05) is 24.3 Å². The smallest absolute Gasteiger partial charge is 0.0897 e. The summed E-state index contributed by atoms with van der Waals surface area (Å²) in [6.45, 7) is 2.89. The van der Waals surface area contributed by atoms with Crippen LogP contribution in [0.3, 0.4) is 0 Å². The van der Waals surface area contributed by atoms with Gasteiger partial charge in [0.05, 0.1) is 19.3 Å². The summed E-state index contributed by atoms with van der Waals surface area (Å²) in [5, 5.41) is 13.9. The number of ether oxygens (including phenoxy) is 2.